The van der Waals surface area contributed by atoms with Gasteiger partial charge in [-0.3, -0.25) is 0 Å². The monoisotopic (exact) mass is 280 g/mol. The summed E-state index contributed by atoms with van der Waals surface area (Å²) in [5.74, 6) is 2.26. The molecule has 3 heterocycles. The second-order valence-electron chi connectivity index (χ2n) is 6.45. The average Bonchev–Trinajstić information content (AvgIpc) is 2.83. The molecule has 108 valence electrons. The zero-order valence-electron chi connectivity index (χ0n) is 12.5. The largest absolute Gasteiger partial charge is 0.340 e. The highest BCUT2D eigenvalue weighted by Gasteiger charge is 2.23. The van der Waals surface area contributed by atoms with Crippen molar-refractivity contribution in [1.82, 2.24) is 15.0 Å². The predicted octanol–water partition coefficient (Wildman–Crippen LogP) is 3.59. The molecular weight excluding hydrogens is 260 g/mol. The molecular formula is C17H20N4. The summed E-state index contributed by atoms with van der Waals surface area (Å²) in [6.07, 6.45) is 3.26. The molecule has 0 bridgehead atoms. The second-order valence-corrected chi connectivity index (χ2v) is 6.45. The Kier molecular flexibility index (Phi) is 2.84. The number of piperidine rings is 1. The summed E-state index contributed by atoms with van der Waals surface area (Å²) in [6, 6.07) is 8.29. The summed E-state index contributed by atoms with van der Waals surface area (Å²) in [4.78, 5) is 15.1. The smallest absolute Gasteiger partial charge is 0.227 e. The Morgan fingerprint density at radius 3 is 2.67 bits per heavy atom. The van der Waals surface area contributed by atoms with Gasteiger partial charge < -0.3 is 9.88 Å². The van der Waals surface area contributed by atoms with E-state index in [0.717, 1.165) is 35.6 Å². The van der Waals surface area contributed by atoms with Crippen molar-refractivity contribution in [2.45, 2.75) is 20.3 Å². The van der Waals surface area contributed by atoms with Crippen LogP contribution in [0.2, 0.25) is 0 Å². The van der Waals surface area contributed by atoms with Gasteiger partial charge in [0.2, 0.25) is 5.95 Å². The number of para-hydroxylation sites is 1. The normalized spacial score (nSPS) is 23.0. The fourth-order valence-electron chi connectivity index (χ4n) is 3.60. The second kappa shape index (κ2) is 4.72. The van der Waals surface area contributed by atoms with Gasteiger partial charge in [0.15, 0.2) is 0 Å². The number of fused-ring (bicyclic) bond motifs is 3. The minimum Gasteiger partial charge on any atom is -0.340 e. The summed E-state index contributed by atoms with van der Waals surface area (Å²) >= 11 is 0. The first-order valence-corrected chi connectivity index (χ1v) is 7.69. The number of rotatable bonds is 1. The van der Waals surface area contributed by atoms with E-state index in [2.05, 4.69) is 46.9 Å². The molecule has 1 fully saturated rings. The highest BCUT2D eigenvalue weighted by Crippen LogP contribution is 2.27. The van der Waals surface area contributed by atoms with Crippen molar-refractivity contribution in [3.63, 3.8) is 0 Å². The Labute approximate surface area is 124 Å². The van der Waals surface area contributed by atoms with Crippen LogP contribution in [-0.4, -0.2) is 28.0 Å². The first-order valence-electron chi connectivity index (χ1n) is 7.69. The van der Waals surface area contributed by atoms with Crippen LogP contribution in [0, 0.1) is 11.8 Å². The molecule has 1 aliphatic heterocycles. The van der Waals surface area contributed by atoms with E-state index in [4.69, 9.17) is 4.98 Å². The van der Waals surface area contributed by atoms with Gasteiger partial charge in [0.05, 0.1) is 0 Å². The fraction of sp³-hybridized carbons (Fsp3) is 0.412. The molecule has 21 heavy (non-hydrogen) atoms. The van der Waals surface area contributed by atoms with E-state index in [9.17, 15) is 0 Å². The number of hydrogen-bond donors (Lipinski definition) is 1. The van der Waals surface area contributed by atoms with Crippen LogP contribution < -0.4 is 4.90 Å². The third-order valence-electron chi connectivity index (χ3n) is 4.40. The van der Waals surface area contributed by atoms with E-state index < -0.39 is 0 Å². The first kappa shape index (κ1) is 12.6. The van der Waals surface area contributed by atoms with Crippen molar-refractivity contribution < 1.29 is 0 Å². The third kappa shape index (κ3) is 2.15. The maximum Gasteiger partial charge on any atom is 0.227 e. The molecule has 2 unspecified atom stereocenters. The number of nitrogens with one attached hydrogen (secondary N) is 1. The lowest BCUT2D eigenvalue weighted by Gasteiger charge is -2.34. The maximum absolute atomic E-state index is 4.76. The molecule has 2 aromatic heterocycles. The highest BCUT2D eigenvalue weighted by atomic mass is 15.3. The number of nitrogens with zero attached hydrogens (tertiary/aromatic N) is 3. The Bertz CT molecular complexity index is 782. The van der Waals surface area contributed by atoms with Crippen LogP contribution in [0.25, 0.3) is 21.9 Å². The minimum atomic E-state index is 0.704. The van der Waals surface area contributed by atoms with Gasteiger partial charge in [0.1, 0.15) is 5.65 Å². The first-order chi connectivity index (χ1) is 10.2. The molecule has 0 radical (unpaired) electrons. The lowest BCUT2D eigenvalue weighted by Crippen LogP contribution is -2.39. The highest BCUT2D eigenvalue weighted by molar-refractivity contribution is 6.05. The zero-order chi connectivity index (χ0) is 14.4. The number of aromatic nitrogens is 3. The lowest BCUT2D eigenvalue weighted by atomic mass is 9.92. The summed E-state index contributed by atoms with van der Waals surface area (Å²) in [6.45, 7) is 6.72. The summed E-state index contributed by atoms with van der Waals surface area (Å²) in [5, 5.41) is 2.30. The zero-order valence-corrected chi connectivity index (χ0v) is 12.5. The molecule has 0 spiro atoms. The Balaban J connectivity index is 1.78. The van der Waals surface area contributed by atoms with Gasteiger partial charge in [-0.05, 0) is 24.3 Å². The number of hydrogen-bond acceptors (Lipinski definition) is 3. The molecule has 1 aromatic carbocycles. The van der Waals surface area contributed by atoms with E-state index in [1.54, 1.807) is 0 Å². The molecule has 0 saturated carbocycles. The van der Waals surface area contributed by atoms with E-state index in [0.29, 0.717) is 11.8 Å². The van der Waals surface area contributed by atoms with Crippen LogP contribution in [0.3, 0.4) is 0 Å². The lowest BCUT2D eigenvalue weighted by molar-refractivity contribution is 0.354. The standard InChI is InChI=1S/C17H20N4/c1-11-7-12(2)10-21(9-11)17-18-8-14-13-5-3-4-6-15(13)19-16(14)20-17/h3-6,8,11-12H,7,9-10H2,1-2H3,(H,18,19,20). The Morgan fingerprint density at radius 2 is 1.86 bits per heavy atom. The van der Waals surface area contributed by atoms with Gasteiger partial charge in [-0.15, -0.1) is 0 Å². The van der Waals surface area contributed by atoms with Crippen molar-refractivity contribution in [3.05, 3.63) is 30.5 Å². The summed E-state index contributed by atoms with van der Waals surface area (Å²) < 4.78 is 0. The van der Waals surface area contributed by atoms with E-state index >= 15 is 0 Å². The predicted molar refractivity (Wildman–Crippen MR) is 86.6 cm³/mol. The number of anilines is 1. The molecule has 1 N–H and O–H groups in total. The van der Waals surface area contributed by atoms with Gasteiger partial charge in [0, 0.05) is 35.6 Å². The quantitative estimate of drug-likeness (QED) is 0.741. The Hall–Kier alpha value is -2.10. The molecule has 4 heteroatoms. The average molecular weight is 280 g/mol. The van der Waals surface area contributed by atoms with Gasteiger partial charge in [0.25, 0.3) is 0 Å². The van der Waals surface area contributed by atoms with Crippen LogP contribution in [0.4, 0.5) is 5.95 Å². The van der Waals surface area contributed by atoms with Gasteiger partial charge >= 0.3 is 0 Å². The van der Waals surface area contributed by atoms with Crippen molar-refractivity contribution in [1.29, 1.82) is 0 Å². The van der Waals surface area contributed by atoms with Gasteiger partial charge in [-0.25, -0.2) is 4.98 Å². The van der Waals surface area contributed by atoms with Gasteiger partial charge in [-0.1, -0.05) is 32.0 Å². The third-order valence-corrected chi connectivity index (χ3v) is 4.40. The van der Waals surface area contributed by atoms with E-state index in [-0.39, 0.29) is 0 Å². The van der Waals surface area contributed by atoms with E-state index in [1.165, 1.54) is 11.8 Å². The number of benzene rings is 1. The van der Waals surface area contributed by atoms with Crippen LogP contribution in [0.15, 0.2) is 30.5 Å². The topological polar surface area (TPSA) is 44.8 Å². The Morgan fingerprint density at radius 1 is 1.10 bits per heavy atom. The number of H-pyrrole nitrogens is 1. The molecule has 2 atom stereocenters. The molecule has 4 rings (SSSR count). The molecule has 0 amide bonds. The fourth-order valence-corrected chi connectivity index (χ4v) is 3.60. The van der Waals surface area contributed by atoms with Crippen LogP contribution in [-0.2, 0) is 0 Å². The van der Waals surface area contributed by atoms with Crippen molar-refractivity contribution in [2.24, 2.45) is 11.8 Å². The summed E-state index contributed by atoms with van der Waals surface area (Å²) in [7, 11) is 0. The molecule has 0 aliphatic carbocycles. The summed E-state index contributed by atoms with van der Waals surface area (Å²) in [5.41, 5.74) is 2.06. The van der Waals surface area contributed by atoms with Crippen molar-refractivity contribution in [2.75, 3.05) is 18.0 Å². The molecule has 3 aromatic rings. The van der Waals surface area contributed by atoms with Crippen molar-refractivity contribution >= 4 is 27.9 Å². The molecule has 1 saturated heterocycles. The molecule has 4 nitrogen and oxygen atoms in total. The van der Waals surface area contributed by atoms with Gasteiger partial charge in [-0.2, -0.15) is 4.98 Å². The van der Waals surface area contributed by atoms with Crippen LogP contribution >= 0.6 is 0 Å². The minimum absolute atomic E-state index is 0.704. The van der Waals surface area contributed by atoms with Crippen LogP contribution in [0.1, 0.15) is 20.3 Å². The van der Waals surface area contributed by atoms with Crippen molar-refractivity contribution in [3.8, 4) is 0 Å². The molecule has 1 aliphatic rings. The maximum atomic E-state index is 4.76. The van der Waals surface area contributed by atoms with Crippen LogP contribution in [0.5, 0.6) is 0 Å². The van der Waals surface area contributed by atoms with E-state index in [1.807, 2.05) is 12.3 Å². The number of aromatic amines is 1. The SMILES string of the molecule is CC1CC(C)CN(c2ncc3c(n2)[nH]c2ccccc23)C1.